The predicted molar refractivity (Wildman–Crippen MR) is 112 cm³/mol. The van der Waals surface area contributed by atoms with E-state index in [1.807, 2.05) is 18.2 Å². The third-order valence-corrected chi connectivity index (χ3v) is 5.19. The number of carbonyl (C=O) groups is 1. The minimum atomic E-state index is -0.924. The number of methoxy groups -OCH3 is 2. The molecule has 8 nitrogen and oxygen atoms in total. The maximum Gasteiger partial charge on any atom is 0.407 e. The molecule has 0 saturated heterocycles. The highest BCUT2D eigenvalue weighted by Crippen LogP contribution is 2.31. The fourth-order valence-corrected chi connectivity index (χ4v) is 3.54. The highest BCUT2D eigenvalue weighted by atomic mass is 16.5. The van der Waals surface area contributed by atoms with Crippen LogP contribution in [0.15, 0.2) is 53.5 Å². The zero-order chi connectivity index (χ0) is 21.3. The maximum absolute atomic E-state index is 12.8. The van der Waals surface area contributed by atoms with Gasteiger partial charge < -0.3 is 19.5 Å². The summed E-state index contributed by atoms with van der Waals surface area (Å²) in [6.07, 6.45) is 3.32. The van der Waals surface area contributed by atoms with E-state index in [9.17, 15) is 9.59 Å². The van der Waals surface area contributed by atoms with Crippen molar-refractivity contribution < 1.29 is 19.4 Å². The highest BCUT2D eigenvalue weighted by molar-refractivity contribution is 5.72. The molecule has 0 atom stereocenters. The Kier molecular flexibility index (Phi) is 5.14. The third-order valence-electron chi connectivity index (χ3n) is 5.19. The normalized spacial score (nSPS) is 13.8. The van der Waals surface area contributed by atoms with Crippen LogP contribution in [0.1, 0.15) is 12.0 Å². The summed E-state index contributed by atoms with van der Waals surface area (Å²) in [7, 11) is 3.12. The van der Waals surface area contributed by atoms with Crippen molar-refractivity contribution in [2.24, 2.45) is 0 Å². The third kappa shape index (κ3) is 3.59. The van der Waals surface area contributed by atoms with E-state index in [1.165, 1.54) is 15.4 Å². The Morgan fingerprint density at radius 1 is 1.07 bits per heavy atom. The van der Waals surface area contributed by atoms with Crippen LogP contribution in [0.2, 0.25) is 0 Å². The Balaban J connectivity index is 1.70. The molecule has 4 rings (SSSR count). The van der Waals surface area contributed by atoms with Crippen LogP contribution in [0.5, 0.6) is 11.5 Å². The Labute approximate surface area is 172 Å². The summed E-state index contributed by atoms with van der Waals surface area (Å²) in [6.45, 7) is 0.776. The summed E-state index contributed by atoms with van der Waals surface area (Å²) in [5.41, 5.74) is 3.53. The number of nitrogens with zero attached hydrogens (tertiary/aromatic N) is 3. The zero-order valence-corrected chi connectivity index (χ0v) is 16.7. The Morgan fingerprint density at radius 2 is 1.83 bits per heavy atom. The van der Waals surface area contributed by atoms with Gasteiger partial charge in [-0.15, -0.1) is 0 Å². The van der Waals surface area contributed by atoms with E-state index in [4.69, 9.17) is 14.6 Å². The van der Waals surface area contributed by atoms with E-state index in [0.29, 0.717) is 42.4 Å². The number of rotatable bonds is 4. The fourth-order valence-electron chi connectivity index (χ4n) is 3.54. The number of carboxylic acid groups (broad SMARTS) is 1. The minimum Gasteiger partial charge on any atom is -0.493 e. The van der Waals surface area contributed by atoms with E-state index in [-0.39, 0.29) is 5.56 Å². The van der Waals surface area contributed by atoms with Crippen LogP contribution in [-0.4, -0.2) is 52.8 Å². The van der Waals surface area contributed by atoms with Crippen LogP contribution in [0.3, 0.4) is 0 Å². The lowest BCUT2D eigenvalue weighted by molar-refractivity contribution is 0.150. The Hall–Kier alpha value is -3.81. The van der Waals surface area contributed by atoms with Gasteiger partial charge in [-0.2, -0.15) is 0 Å². The Morgan fingerprint density at radius 3 is 2.50 bits per heavy atom. The molecule has 1 aliphatic rings. The molecule has 3 aromatic rings. The molecular formula is C22H21N3O5. The molecule has 1 N–H and O–H groups in total. The minimum absolute atomic E-state index is 0.199. The van der Waals surface area contributed by atoms with Gasteiger partial charge in [-0.3, -0.25) is 9.20 Å². The molecule has 2 aromatic heterocycles. The average molecular weight is 407 g/mol. The molecule has 0 unspecified atom stereocenters. The lowest BCUT2D eigenvalue weighted by atomic mass is 10.0. The first-order chi connectivity index (χ1) is 14.5. The van der Waals surface area contributed by atoms with Gasteiger partial charge in [-0.25, -0.2) is 9.78 Å². The van der Waals surface area contributed by atoms with Crippen molar-refractivity contribution in [1.82, 2.24) is 14.3 Å². The fraction of sp³-hybridized carbons (Fsp3) is 0.227. The summed E-state index contributed by atoms with van der Waals surface area (Å²) < 4.78 is 12.1. The number of hydrogen-bond acceptors (Lipinski definition) is 5. The molecule has 8 heteroatoms. The van der Waals surface area contributed by atoms with Crippen molar-refractivity contribution in [2.75, 3.05) is 27.3 Å². The van der Waals surface area contributed by atoms with Crippen molar-refractivity contribution in [3.05, 3.63) is 64.6 Å². The summed E-state index contributed by atoms with van der Waals surface area (Å²) in [6, 6.07) is 10.6. The van der Waals surface area contributed by atoms with Gasteiger partial charge in [0.05, 0.1) is 19.9 Å². The molecule has 0 spiro atoms. The van der Waals surface area contributed by atoms with Crippen LogP contribution < -0.4 is 15.0 Å². The lowest BCUT2D eigenvalue weighted by Crippen LogP contribution is -2.33. The number of fused-ring (bicyclic) bond motifs is 1. The molecule has 154 valence electrons. The monoisotopic (exact) mass is 407 g/mol. The SMILES string of the molecule is COc1ccc(-c2cc(=O)n3cc(C4=CCN(C(=O)O)CC4)ccc3n2)cc1OC. The standard InChI is InChI=1S/C22H21N3O5/c1-29-18-5-3-15(11-19(18)30-2)17-12-21(26)25-13-16(4-6-20(25)23-17)14-7-9-24(10-8-14)22(27)28/h3-7,11-13H,8-10H2,1-2H3,(H,27,28). The maximum atomic E-state index is 12.8. The van der Waals surface area contributed by atoms with Crippen molar-refractivity contribution in [1.29, 1.82) is 0 Å². The van der Waals surface area contributed by atoms with E-state index in [1.54, 1.807) is 38.6 Å². The zero-order valence-electron chi connectivity index (χ0n) is 16.7. The van der Waals surface area contributed by atoms with Crippen LogP contribution in [0.4, 0.5) is 4.79 Å². The van der Waals surface area contributed by atoms with Crippen molar-refractivity contribution in [3.63, 3.8) is 0 Å². The van der Waals surface area contributed by atoms with Crippen LogP contribution in [0, 0.1) is 0 Å². The van der Waals surface area contributed by atoms with E-state index in [0.717, 1.165) is 16.7 Å². The number of benzene rings is 1. The van der Waals surface area contributed by atoms with E-state index in [2.05, 4.69) is 4.98 Å². The number of aromatic nitrogens is 2. The molecule has 1 amide bonds. The van der Waals surface area contributed by atoms with E-state index < -0.39 is 6.09 Å². The van der Waals surface area contributed by atoms with Gasteiger partial charge in [-0.1, -0.05) is 6.08 Å². The van der Waals surface area contributed by atoms with Crippen molar-refractivity contribution in [2.45, 2.75) is 6.42 Å². The first kappa shape index (κ1) is 19.5. The second kappa shape index (κ2) is 7.90. The Bertz CT molecular complexity index is 1220. The van der Waals surface area contributed by atoms with Crippen LogP contribution >= 0.6 is 0 Å². The van der Waals surface area contributed by atoms with Crippen LogP contribution in [-0.2, 0) is 0 Å². The van der Waals surface area contributed by atoms with Gasteiger partial charge in [0.15, 0.2) is 11.5 Å². The largest absolute Gasteiger partial charge is 0.493 e. The molecule has 0 fully saturated rings. The van der Waals surface area contributed by atoms with Gasteiger partial charge in [0.2, 0.25) is 0 Å². The quantitative estimate of drug-likeness (QED) is 0.714. The molecule has 3 heterocycles. The smallest absolute Gasteiger partial charge is 0.407 e. The van der Waals surface area contributed by atoms with Crippen molar-refractivity contribution >= 4 is 17.3 Å². The summed E-state index contributed by atoms with van der Waals surface area (Å²) in [5, 5.41) is 9.08. The summed E-state index contributed by atoms with van der Waals surface area (Å²) in [5.74, 6) is 1.16. The van der Waals surface area contributed by atoms with E-state index >= 15 is 0 Å². The molecule has 0 aliphatic carbocycles. The molecule has 0 radical (unpaired) electrons. The number of ether oxygens (including phenoxy) is 2. The molecular weight excluding hydrogens is 386 g/mol. The predicted octanol–water partition coefficient (Wildman–Crippen LogP) is 3.15. The van der Waals surface area contributed by atoms with Gasteiger partial charge in [0, 0.05) is 30.9 Å². The molecule has 30 heavy (non-hydrogen) atoms. The second-order valence-electron chi connectivity index (χ2n) is 6.90. The lowest BCUT2D eigenvalue weighted by Gasteiger charge is -2.23. The van der Waals surface area contributed by atoms with Gasteiger partial charge in [-0.05, 0) is 47.9 Å². The second-order valence-corrected chi connectivity index (χ2v) is 6.90. The first-order valence-electron chi connectivity index (χ1n) is 9.43. The number of hydrogen-bond donors (Lipinski definition) is 1. The molecule has 0 bridgehead atoms. The van der Waals surface area contributed by atoms with Crippen LogP contribution in [0.25, 0.3) is 22.5 Å². The van der Waals surface area contributed by atoms with Crippen molar-refractivity contribution in [3.8, 4) is 22.8 Å². The first-order valence-corrected chi connectivity index (χ1v) is 9.43. The summed E-state index contributed by atoms with van der Waals surface area (Å²) in [4.78, 5) is 29.8. The summed E-state index contributed by atoms with van der Waals surface area (Å²) >= 11 is 0. The van der Waals surface area contributed by atoms with Gasteiger partial charge in [0.1, 0.15) is 5.65 Å². The average Bonchev–Trinajstić information content (AvgIpc) is 2.78. The molecule has 1 aliphatic heterocycles. The topological polar surface area (TPSA) is 93.4 Å². The van der Waals surface area contributed by atoms with Gasteiger partial charge in [0.25, 0.3) is 5.56 Å². The highest BCUT2D eigenvalue weighted by Gasteiger charge is 2.17. The molecule has 0 saturated carbocycles. The number of pyridine rings is 1. The van der Waals surface area contributed by atoms with Gasteiger partial charge >= 0.3 is 6.09 Å². The number of amides is 1. The molecule has 1 aromatic carbocycles.